The van der Waals surface area contributed by atoms with Crippen LogP contribution in [0.3, 0.4) is 0 Å². The van der Waals surface area contributed by atoms with Gasteiger partial charge >= 0.3 is 0 Å². The minimum atomic E-state index is -0.0622. The number of nitrogens with one attached hydrogen (secondary N) is 1. The average molecular weight is 473 g/mol. The van der Waals surface area contributed by atoms with Crippen LogP contribution in [0.5, 0.6) is 0 Å². The normalized spacial score (nSPS) is 12.3. The van der Waals surface area contributed by atoms with Crippen LogP contribution in [-0.4, -0.2) is 50.4 Å². The van der Waals surface area contributed by atoms with E-state index in [4.69, 9.17) is 0 Å². The van der Waals surface area contributed by atoms with Gasteiger partial charge in [0, 0.05) is 23.2 Å². The molecular weight excluding hydrogens is 440 g/mol. The van der Waals surface area contributed by atoms with Crippen molar-refractivity contribution in [3.8, 4) is 11.3 Å². The molecule has 0 aliphatic heterocycles. The van der Waals surface area contributed by atoms with E-state index in [2.05, 4.69) is 57.9 Å². The molecule has 32 heavy (non-hydrogen) atoms. The van der Waals surface area contributed by atoms with Crippen molar-refractivity contribution in [1.82, 2.24) is 24.6 Å². The molecule has 0 radical (unpaired) electrons. The van der Waals surface area contributed by atoms with Crippen molar-refractivity contribution in [2.24, 2.45) is 0 Å². The summed E-state index contributed by atoms with van der Waals surface area (Å²) >= 11 is 3.06. The van der Waals surface area contributed by atoms with Crippen molar-refractivity contribution in [1.29, 1.82) is 0 Å². The van der Waals surface area contributed by atoms with Crippen LogP contribution in [0.15, 0.2) is 34.8 Å². The first-order valence-corrected chi connectivity index (χ1v) is 12.8. The molecule has 0 spiro atoms. The lowest BCUT2D eigenvalue weighted by Crippen LogP contribution is -2.23. The van der Waals surface area contributed by atoms with Gasteiger partial charge in [-0.05, 0) is 46.0 Å². The first-order chi connectivity index (χ1) is 15.4. The quantitative estimate of drug-likeness (QED) is 0.384. The number of unbranched alkanes of at least 4 members (excludes halogenated alkanes) is 1. The molecule has 1 atom stereocenters. The van der Waals surface area contributed by atoms with E-state index >= 15 is 0 Å². The van der Waals surface area contributed by atoms with E-state index in [-0.39, 0.29) is 17.7 Å². The second-order valence-corrected chi connectivity index (χ2v) is 9.91. The van der Waals surface area contributed by atoms with Gasteiger partial charge in [-0.2, -0.15) is 0 Å². The SMILES string of the molecule is CCCCn1c(SCC(=O)Nc2cccc(-c3csc(C)n3)c2)nnc1C(CC)N(C)C. The summed E-state index contributed by atoms with van der Waals surface area (Å²) in [4.78, 5) is 19.4. The van der Waals surface area contributed by atoms with E-state index in [1.165, 1.54) is 11.8 Å². The Morgan fingerprint density at radius 1 is 1.28 bits per heavy atom. The number of benzene rings is 1. The number of amides is 1. The summed E-state index contributed by atoms with van der Waals surface area (Å²) in [5.74, 6) is 1.19. The summed E-state index contributed by atoms with van der Waals surface area (Å²) in [6, 6.07) is 8.01. The average Bonchev–Trinajstić information content (AvgIpc) is 3.37. The number of carbonyl (C=O) groups excluding carboxylic acids is 1. The predicted molar refractivity (Wildman–Crippen MR) is 133 cm³/mol. The Kier molecular flexibility index (Phi) is 8.84. The van der Waals surface area contributed by atoms with E-state index in [1.807, 2.05) is 36.6 Å². The highest BCUT2D eigenvalue weighted by Crippen LogP contribution is 2.27. The lowest BCUT2D eigenvalue weighted by atomic mass is 10.1. The summed E-state index contributed by atoms with van der Waals surface area (Å²) < 4.78 is 2.18. The van der Waals surface area contributed by atoms with Gasteiger partial charge in [0.2, 0.25) is 5.91 Å². The van der Waals surface area contributed by atoms with Crippen molar-refractivity contribution < 1.29 is 4.79 Å². The third-order valence-electron chi connectivity index (χ3n) is 5.18. The van der Waals surface area contributed by atoms with Gasteiger partial charge in [0.25, 0.3) is 0 Å². The van der Waals surface area contributed by atoms with Crippen LogP contribution in [-0.2, 0) is 11.3 Å². The maximum Gasteiger partial charge on any atom is 0.234 e. The zero-order chi connectivity index (χ0) is 23.1. The largest absolute Gasteiger partial charge is 0.325 e. The smallest absolute Gasteiger partial charge is 0.234 e. The third kappa shape index (κ3) is 6.17. The molecule has 0 aliphatic rings. The second kappa shape index (κ2) is 11.6. The van der Waals surface area contributed by atoms with E-state index < -0.39 is 0 Å². The maximum atomic E-state index is 12.7. The summed E-state index contributed by atoms with van der Waals surface area (Å²) in [5.41, 5.74) is 2.70. The summed E-state index contributed by atoms with van der Waals surface area (Å²) in [7, 11) is 4.13. The van der Waals surface area contributed by atoms with Gasteiger partial charge in [-0.25, -0.2) is 4.98 Å². The first kappa shape index (κ1) is 24.4. The van der Waals surface area contributed by atoms with Gasteiger partial charge in [0.15, 0.2) is 11.0 Å². The molecule has 0 aliphatic carbocycles. The number of aromatic nitrogens is 4. The highest BCUT2D eigenvalue weighted by molar-refractivity contribution is 7.99. The Bertz CT molecular complexity index is 1030. The second-order valence-electron chi connectivity index (χ2n) is 7.90. The van der Waals surface area contributed by atoms with Crippen molar-refractivity contribution in [2.45, 2.75) is 57.8 Å². The van der Waals surface area contributed by atoms with Crippen molar-refractivity contribution in [2.75, 3.05) is 25.2 Å². The number of hydrogen-bond acceptors (Lipinski definition) is 7. The number of thiazole rings is 1. The molecule has 2 aromatic heterocycles. The first-order valence-electron chi connectivity index (χ1n) is 11.0. The number of thioether (sulfide) groups is 1. The highest BCUT2D eigenvalue weighted by Gasteiger charge is 2.22. The fourth-order valence-electron chi connectivity index (χ4n) is 3.54. The van der Waals surface area contributed by atoms with E-state index in [9.17, 15) is 4.79 Å². The van der Waals surface area contributed by atoms with Gasteiger partial charge in [0.05, 0.1) is 22.5 Å². The number of carbonyl (C=O) groups is 1. The number of aryl methyl sites for hydroxylation is 1. The van der Waals surface area contributed by atoms with Gasteiger partial charge in [-0.3, -0.25) is 9.69 Å². The van der Waals surface area contributed by atoms with Crippen LogP contribution in [0.1, 0.15) is 50.0 Å². The monoisotopic (exact) mass is 472 g/mol. The molecule has 9 heteroatoms. The Morgan fingerprint density at radius 2 is 2.09 bits per heavy atom. The Balaban J connectivity index is 1.67. The molecule has 1 N–H and O–H groups in total. The van der Waals surface area contributed by atoms with Crippen LogP contribution >= 0.6 is 23.1 Å². The van der Waals surface area contributed by atoms with Crippen molar-refractivity contribution >= 4 is 34.7 Å². The van der Waals surface area contributed by atoms with Crippen LogP contribution in [0.4, 0.5) is 5.69 Å². The maximum absolute atomic E-state index is 12.7. The summed E-state index contributed by atoms with van der Waals surface area (Å²) in [6.45, 7) is 7.19. The van der Waals surface area contributed by atoms with Crippen molar-refractivity contribution in [3.05, 3.63) is 40.5 Å². The van der Waals surface area contributed by atoms with E-state index in [0.29, 0.717) is 0 Å². The van der Waals surface area contributed by atoms with E-state index in [1.54, 1.807) is 11.3 Å². The molecule has 1 amide bonds. The van der Waals surface area contributed by atoms with Crippen LogP contribution < -0.4 is 5.32 Å². The zero-order valence-electron chi connectivity index (χ0n) is 19.5. The number of anilines is 1. The zero-order valence-corrected chi connectivity index (χ0v) is 21.1. The molecule has 1 aromatic carbocycles. The fraction of sp³-hybridized carbons (Fsp3) is 0.478. The number of nitrogens with zero attached hydrogens (tertiary/aromatic N) is 5. The summed E-state index contributed by atoms with van der Waals surface area (Å²) in [6.07, 6.45) is 3.10. The van der Waals surface area contributed by atoms with Crippen LogP contribution in [0, 0.1) is 6.92 Å². The Morgan fingerprint density at radius 3 is 2.75 bits per heavy atom. The van der Waals surface area contributed by atoms with Gasteiger partial charge in [0.1, 0.15) is 0 Å². The van der Waals surface area contributed by atoms with Gasteiger partial charge in [-0.1, -0.05) is 44.2 Å². The Hall–Kier alpha value is -2.23. The minimum Gasteiger partial charge on any atom is -0.325 e. The molecular formula is C23H32N6OS2. The topological polar surface area (TPSA) is 75.9 Å². The minimum absolute atomic E-state index is 0.0622. The van der Waals surface area contributed by atoms with Crippen LogP contribution in [0.2, 0.25) is 0 Å². The van der Waals surface area contributed by atoms with Crippen LogP contribution in [0.25, 0.3) is 11.3 Å². The molecule has 0 saturated carbocycles. The molecule has 7 nitrogen and oxygen atoms in total. The molecule has 172 valence electrons. The molecule has 0 fully saturated rings. The molecule has 1 unspecified atom stereocenters. The highest BCUT2D eigenvalue weighted by atomic mass is 32.2. The molecule has 0 bridgehead atoms. The molecule has 3 rings (SSSR count). The fourth-order valence-corrected chi connectivity index (χ4v) is 4.93. The summed E-state index contributed by atoms with van der Waals surface area (Å²) in [5, 5.41) is 15.8. The standard InChI is InChI=1S/C23H32N6OS2/c1-6-8-12-29-22(20(7-2)28(4)5)26-27-23(29)32-15-21(30)25-18-11-9-10-17(13-18)19-14-31-16(3)24-19/h9-11,13-14,20H,6-8,12,15H2,1-5H3,(H,25,30). The molecule has 3 aromatic rings. The number of hydrogen-bond donors (Lipinski definition) is 1. The van der Waals surface area contributed by atoms with E-state index in [0.717, 1.165) is 58.7 Å². The lowest BCUT2D eigenvalue weighted by Gasteiger charge is -2.23. The van der Waals surface area contributed by atoms with Gasteiger partial charge in [-0.15, -0.1) is 21.5 Å². The van der Waals surface area contributed by atoms with Crippen molar-refractivity contribution in [3.63, 3.8) is 0 Å². The lowest BCUT2D eigenvalue weighted by molar-refractivity contribution is -0.113. The number of rotatable bonds is 11. The molecule has 0 saturated heterocycles. The Labute approximate surface area is 198 Å². The predicted octanol–water partition coefficient (Wildman–Crippen LogP) is 5.25. The third-order valence-corrected chi connectivity index (χ3v) is 6.92. The van der Waals surface area contributed by atoms with Gasteiger partial charge < -0.3 is 9.88 Å². The molecule has 2 heterocycles.